The first-order valence-corrected chi connectivity index (χ1v) is 13.2. The van der Waals surface area contributed by atoms with E-state index in [1.165, 1.54) is 23.0 Å². The van der Waals surface area contributed by atoms with Crippen molar-refractivity contribution in [1.82, 2.24) is 28.6 Å². The Morgan fingerprint density at radius 1 is 1.18 bits per heavy atom. The maximum absolute atomic E-state index is 14.2. The molecule has 1 aliphatic heterocycles. The number of nitrogens with zero attached hydrogens (tertiary/aromatic N) is 6. The van der Waals surface area contributed by atoms with Gasteiger partial charge in [0.2, 0.25) is 0 Å². The van der Waals surface area contributed by atoms with Crippen molar-refractivity contribution < 1.29 is 18.3 Å². The number of aryl methyl sites for hydroxylation is 1. The van der Waals surface area contributed by atoms with Crippen molar-refractivity contribution >= 4 is 5.52 Å². The van der Waals surface area contributed by atoms with E-state index >= 15 is 0 Å². The number of benzene rings is 1. The van der Waals surface area contributed by atoms with Crippen LogP contribution in [0.15, 0.2) is 53.8 Å². The Morgan fingerprint density at radius 2 is 1.97 bits per heavy atom. The Kier molecular flexibility index (Phi) is 6.18. The number of pyridine rings is 1. The van der Waals surface area contributed by atoms with Crippen LogP contribution in [-0.4, -0.2) is 52.9 Å². The molecule has 2 fully saturated rings. The Morgan fingerprint density at radius 3 is 2.64 bits per heavy atom. The lowest BCUT2D eigenvalue weighted by atomic mass is 9.62. The highest BCUT2D eigenvalue weighted by Gasteiger charge is 2.49. The minimum absolute atomic E-state index is 0.184. The van der Waals surface area contributed by atoms with E-state index in [1.807, 2.05) is 13.1 Å². The number of imidazole rings is 1. The van der Waals surface area contributed by atoms with Crippen molar-refractivity contribution in [2.45, 2.75) is 56.8 Å². The van der Waals surface area contributed by atoms with Crippen molar-refractivity contribution in [2.24, 2.45) is 13.0 Å². The molecule has 206 valence electrons. The van der Waals surface area contributed by atoms with Crippen LogP contribution in [0.25, 0.3) is 11.2 Å². The van der Waals surface area contributed by atoms with Crippen LogP contribution in [0.1, 0.15) is 55.1 Å². The van der Waals surface area contributed by atoms with E-state index in [2.05, 4.69) is 22.0 Å². The Balaban J connectivity index is 1.44. The Bertz CT molecular complexity index is 1580. The molecule has 1 saturated heterocycles. The molecule has 1 atom stereocenters. The maximum atomic E-state index is 14.2. The van der Waals surface area contributed by atoms with Gasteiger partial charge in [-0.15, -0.1) is 10.2 Å². The number of aliphatic hydroxyl groups excluding tert-OH is 1. The van der Waals surface area contributed by atoms with Gasteiger partial charge in [0.15, 0.2) is 0 Å². The number of likely N-dealkylation sites (tertiary alicyclic amines) is 1. The number of fused-ring (bicyclic) bond motifs is 1. The molecule has 8 nitrogen and oxygen atoms in total. The van der Waals surface area contributed by atoms with Gasteiger partial charge in [0, 0.05) is 32.5 Å². The van der Waals surface area contributed by atoms with Gasteiger partial charge < -0.3 is 9.67 Å². The van der Waals surface area contributed by atoms with Gasteiger partial charge in [0.1, 0.15) is 12.2 Å². The number of hydrogen-bond acceptors (Lipinski definition) is 5. The molecule has 0 radical (unpaired) electrons. The van der Waals surface area contributed by atoms with Gasteiger partial charge in [-0.05, 0) is 67.5 Å². The molecule has 0 unspecified atom stereocenters. The van der Waals surface area contributed by atoms with E-state index < -0.39 is 28.9 Å². The number of aromatic nitrogens is 5. The van der Waals surface area contributed by atoms with Crippen LogP contribution < -0.4 is 5.69 Å². The molecule has 39 heavy (non-hydrogen) atoms. The van der Waals surface area contributed by atoms with Crippen LogP contribution in [-0.2, 0) is 25.2 Å². The summed E-state index contributed by atoms with van der Waals surface area (Å²) in [5.74, 6) is 1.18. The average Bonchev–Trinajstić information content (AvgIpc) is 3.44. The Hall–Kier alpha value is -3.44. The van der Waals surface area contributed by atoms with Gasteiger partial charge in [-0.25, -0.2) is 4.79 Å². The molecule has 2 aliphatic rings. The quantitative estimate of drug-likeness (QED) is 0.415. The molecule has 0 bridgehead atoms. The lowest BCUT2D eigenvalue weighted by molar-refractivity contribution is -0.136. The third-order valence-corrected chi connectivity index (χ3v) is 8.26. The molecule has 1 aliphatic carbocycles. The van der Waals surface area contributed by atoms with Gasteiger partial charge in [-0.3, -0.25) is 13.9 Å². The maximum Gasteiger partial charge on any atom is 0.418 e. The summed E-state index contributed by atoms with van der Waals surface area (Å²) in [6, 6.07) is 8.34. The number of hydrogen-bond donors (Lipinski definition) is 1. The standard InChI is InChI=1S/C28H31F3N6O2/c1-18-5-4-8-35(13-18)14-19-9-23(28(29,30)31)24-16-36(26(39)37(24)15-19)21-7-3-6-20(10-21)27(11-22(38)12-27)25-33-32-17-34(25)2/h3,6-7,9-10,15-18,22,38H,4-5,8,11-14H2,1-2H3/t18-,22?,27?/m0/s1. The second kappa shape index (κ2) is 9.34. The SMILES string of the molecule is C[C@H]1CCCN(Cc2cc(C(F)(F)F)c3cn(-c4cccc(C5(c6nncn6C)CC(O)C5)c4)c(=O)n3c2)C1. The lowest BCUT2D eigenvalue weighted by Crippen LogP contribution is -2.47. The zero-order chi connectivity index (χ0) is 27.5. The summed E-state index contributed by atoms with van der Waals surface area (Å²) < 4.78 is 46.8. The fraction of sp³-hybridized carbons (Fsp3) is 0.464. The van der Waals surface area contributed by atoms with Crippen molar-refractivity contribution in [3.8, 4) is 5.69 Å². The first-order chi connectivity index (χ1) is 18.5. The summed E-state index contributed by atoms with van der Waals surface area (Å²) in [5, 5.41) is 18.5. The van der Waals surface area contributed by atoms with E-state index in [0.29, 0.717) is 42.4 Å². The molecule has 4 aromatic rings. The molecule has 3 aromatic heterocycles. The summed E-state index contributed by atoms with van der Waals surface area (Å²) >= 11 is 0. The number of rotatable bonds is 5. The molecule has 0 spiro atoms. The topological polar surface area (TPSA) is 80.6 Å². The van der Waals surface area contributed by atoms with Crippen molar-refractivity contribution in [2.75, 3.05) is 13.1 Å². The molecule has 1 N–H and O–H groups in total. The summed E-state index contributed by atoms with van der Waals surface area (Å²) in [6.07, 6.45) is 2.28. The highest BCUT2D eigenvalue weighted by molar-refractivity contribution is 5.58. The minimum atomic E-state index is -4.62. The number of piperidine rings is 1. The van der Waals surface area contributed by atoms with Crippen LogP contribution in [0.4, 0.5) is 13.2 Å². The summed E-state index contributed by atoms with van der Waals surface area (Å²) in [5.41, 5.74) is -0.446. The fourth-order valence-corrected chi connectivity index (χ4v) is 6.39. The van der Waals surface area contributed by atoms with Crippen LogP contribution in [0.2, 0.25) is 0 Å². The van der Waals surface area contributed by atoms with Crippen molar-refractivity contribution in [3.63, 3.8) is 0 Å². The normalized spacial score (nSPS) is 24.3. The van der Waals surface area contributed by atoms with Crippen LogP contribution in [0.3, 0.4) is 0 Å². The smallest absolute Gasteiger partial charge is 0.393 e. The third kappa shape index (κ3) is 4.47. The van der Waals surface area contributed by atoms with Gasteiger partial charge in [-0.1, -0.05) is 19.1 Å². The van der Waals surface area contributed by atoms with Crippen LogP contribution >= 0.6 is 0 Å². The molecule has 1 saturated carbocycles. The molecule has 0 amide bonds. The predicted octanol–water partition coefficient (Wildman–Crippen LogP) is 3.91. The van der Waals surface area contributed by atoms with E-state index in [9.17, 15) is 23.1 Å². The minimum Gasteiger partial charge on any atom is -0.393 e. The fourth-order valence-electron chi connectivity index (χ4n) is 6.39. The summed E-state index contributed by atoms with van der Waals surface area (Å²) in [4.78, 5) is 15.7. The number of halogens is 3. The third-order valence-electron chi connectivity index (χ3n) is 8.26. The zero-order valence-electron chi connectivity index (χ0n) is 21.9. The van der Waals surface area contributed by atoms with E-state index in [4.69, 9.17) is 0 Å². The molecule has 4 heterocycles. The highest BCUT2D eigenvalue weighted by Crippen LogP contribution is 2.48. The molecule has 11 heteroatoms. The first kappa shape index (κ1) is 25.8. The van der Waals surface area contributed by atoms with Crippen molar-refractivity contribution in [3.05, 3.63) is 82.1 Å². The lowest BCUT2D eigenvalue weighted by Gasteiger charge is -2.44. The highest BCUT2D eigenvalue weighted by atomic mass is 19.4. The molecule has 1 aromatic carbocycles. The average molecular weight is 541 g/mol. The second-order valence-corrected chi connectivity index (χ2v) is 11.2. The molecular weight excluding hydrogens is 509 g/mol. The summed E-state index contributed by atoms with van der Waals surface area (Å²) in [6.45, 7) is 4.16. The van der Waals surface area contributed by atoms with E-state index in [0.717, 1.165) is 35.9 Å². The van der Waals surface area contributed by atoms with Crippen LogP contribution in [0, 0.1) is 5.92 Å². The summed E-state index contributed by atoms with van der Waals surface area (Å²) in [7, 11) is 1.83. The van der Waals surface area contributed by atoms with E-state index in [-0.39, 0.29) is 5.52 Å². The van der Waals surface area contributed by atoms with Gasteiger partial charge >= 0.3 is 11.9 Å². The predicted molar refractivity (Wildman–Crippen MR) is 139 cm³/mol. The largest absolute Gasteiger partial charge is 0.418 e. The van der Waals surface area contributed by atoms with E-state index in [1.54, 1.807) is 29.1 Å². The Labute approximate surface area is 223 Å². The monoisotopic (exact) mass is 540 g/mol. The zero-order valence-corrected chi connectivity index (χ0v) is 21.9. The van der Waals surface area contributed by atoms with Crippen molar-refractivity contribution in [1.29, 1.82) is 0 Å². The van der Waals surface area contributed by atoms with Gasteiger partial charge in [-0.2, -0.15) is 13.2 Å². The van der Waals surface area contributed by atoms with Gasteiger partial charge in [0.05, 0.1) is 28.3 Å². The first-order valence-electron chi connectivity index (χ1n) is 13.2. The number of aliphatic hydroxyl groups is 1. The second-order valence-electron chi connectivity index (χ2n) is 11.2. The van der Waals surface area contributed by atoms with Crippen LogP contribution in [0.5, 0.6) is 0 Å². The van der Waals surface area contributed by atoms with Gasteiger partial charge in [0.25, 0.3) is 0 Å². The molecule has 6 rings (SSSR count). The molecular formula is C28H31F3N6O2. The number of alkyl halides is 3.